The van der Waals surface area contributed by atoms with Crippen LogP contribution in [0.1, 0.15) is 32.1 Å². The molecule has 1 aliphatic heterocycles. The van der Waals surface area contributed by atoms with Crippen molar-refractivity contribution >= 4 is 11.8 Å². The van der Waals surface area contributed by atoms with E-state index < -0.39 is 0 Å². The molecule has 1 N–H and O–H groups in total. The maximum Gasteiger partial charge on any atom is 0.0272 e. The van der Waals surface area contributed by atoms with Crippen LogP contribution in [0.3, 0.4) is 0 Å². The van der Waals surface area contributed by atoms with Gasteiger partial charge < -0.3 is 5.32 Å². The van der Waals surface area contributed by atoms with Crippen LogP contribution in [-0.2, 0) is 0 Å². The van der Waals surface area contributed by atoms with Gasteiger partial charge in [-0.2, -0.15) is 11.8 Å². The van der Waals surface area contributed by atoms with Crippen LogP contribution in [0.4, 0.5) is 0 Å². The fourth-order valence-corrected chi connectivity index (χ4v) is 3.43. The second kappa shape index (κ2) is 3.36. The summed E-state index contributed by atoms with van der Waals surface area (Å²) in [4.78, 5) is 0. The molecule has 11 heavy (non-hydrogen) atoms. The minimum absolute atomic E-state index is 0.571. The van der Waals surface area contributed by atoms with Gasteiger partial charge in [-0.05, 0) is 12.8 Å². The minimum atomic E-state index is 0.571. The van der Waals surface area contributed by atoms with Crippen LogP contribution >= 0.6 is 11.8 Å². The summed E-state index contributed by atoms with van der Waals surface area (Å²) in [6.07, 6.45) is 7.23. The van der Waals surface area contributed by atoms with Crippen molar-refractivity contribution in [3.05, 3.63) is 0 Å². The Hall–Kier alpha value is 0.310. The summed E-state index contributed by atoms with van der Waals surface area (Å²) in [6.45, 7) is 1.24. The zero-order valence-corrected chi connectivity index (χ0v) is 7.88. The first-order chi connectivity index (χ1) is 5.41. The molecule has 1 heterocycles. The van der Waals surface area contributed by atoms with E-state index in [-0.39, 0.29) is 0 Å². The molecule has 2 heteroatoms. The molecule has 1 saturated heterocycles. The molecule has 0 aromatic carbocycles. The van der Waals surface area contributed by atoms with E-state index in [9.17, 15) is 0 Å². The molecule has 0 atom stereocenters. The average molecular weight is 171 g/mol. The fourth-order valence-electron chi connectivity index (χ4n) is 2.26. The van der Waals surface area contributed by atoms with E-state index in [2.05, 4.69) is 17.1 Å². The summed E-state index contributed by atoms with van der Waals surface area (Å²) >= 11 is 2.14. The summed E-state index contributed by atoms with van der Waals surface area (Å²) in [5.41, 5.74) is 0.571. The van der Waals surface area contributed by atoms with Crippen molar-refractivity contribution in [3.8, 4) is 0 Å². The third kappa shape index (κ3) is 1.73. The Kier molecular flexibility index (Phi) is 2.42. The third-order valence-corrected chi connectivity index (χ3v) is 4.18. The van der Waals surface area contributed by atoms with E-state index in [4.69, 9.17) is 0 Å². The Morgan fingerprint density at radius 2 is 1.91 bits per heavy atom. The van der Waals surface area contributed by atoms with Gasteiger partial charge in [0, 0.05) is 23.6 Å². The lowest BCUT2D eigenvalue weighted by Gasteiger charge is -2.41. The van der Waals surface area contributed by atoms with Crippen LogP contribution in [0.25, 0.3) is 0 Å². The predicted molar refractivity (Wildman–Crippen MR) is 51.1 cm³/mol. The highest BCUT2D eigenvalue weighted by atomic mass is 32.2. The van der Waals surface area contributed by atoms with Gasteiger partial charge in [-0.25, -0.2) is 0 Å². The average Bonchev–Trinajstić information content (AvgIpc) is 2.07. The smallest absolute Gasteiger partial charge is 0.0272 e. The van der Waals surface area contributed by atoms with E-state index in [0.29, 0.717) is 5.54 Å². The first kappa shape index (κ1) is 7.93. The fraction of sp³-hybridized carbons (Fsp3) is 1.00. The quantitative estimate of drug-likeness (QED) is 0.598. The van der Waals surface area contributed by atoms with Gasteiger partial charge in [0.2, 0.25) is 0 Å². The first-order valence-electron chi connectivity index (χ1n) is 4.74. The summed E-state index contributed by atoms with van der Waals surface area (Å²) < 4.78 is 0. The molecule has 1 saturated carbocycles. The Balaban J connectivity index is 1.94. The largest absolute Gasteiger partial charge is 0.310 e. The van der Waals surface area contributed by atoms with Gasteiger partial charge in [-0.1, -0.05) is 19.3 Å². The topological polar surface area (TPSA) is 12.0 Å². The zero-order chi connectivity index (χ0) is 7.57. The molecule has 2 fully saturated rings. The van der Waals surface area contributed by atoms with Crippen LogP contribution in [0.2, 0.25) is 0 Å². The number of nitrogens with one attached hydrogen (secondary N) is 1. The van der Waals surface area contributed by atoms with Gasteiger partial charge in [0.05, 0.1) is 0 Å². The van der Waals surface area contributed by atoms with E-state index in [1.54, 1.807) is 0 Å². The van der Waals surface area contributed by atoms with Crippen LogP contribution in [0.15, 0.2) is 0 Å². The Bertz CT molecular complexity index is 104. The number of rotatable bonds is 0. The standard InChI is InChI=1S/C9H17NS/c1-2-4-9(5-3-1)8-11-7-6-10-9/h10H,1-8H2. The lowest BCUT2D eigenvalue weighted by molar-refractivity contribution is 0.261. The van der Waals surface area contributed by atoms with Gasteiger partial charge in [-0.3, -0.25) is 0 Å². The highest BCUT2D eigenvalue weighted by Gasteiger charge is 2.32. The minimum Gasteiger partial charge on any atom is -0.310 e. The second-order valence-corrected chi connectivity index (χ2v) is 4.93. The van der Waals surface area contributed by atoms with Crippen molar-refractivity contribution < 1.29 is 0 Å². The van der Waals surface area contributed by atoms with Gasteiger partial charge in [0.1, 0.15) is 0 Å². The van der Waals surface area contributed by atoms with Gasteiger partial charge in [0.25, 0.3) is 0 Å². The SMILES string of the molecule is C1CCC2(CC1)CSCCN2. The molecule has 0 bridgehead atoms. The molecule has 0 unspecified atom stereocenters. The molecule has 0 amide bonds. The molecule has 0 aromatic heterocycles. The van der Waals surface area contributed by atoms with Crippen molar-refractivity contribution in [1.29, 1.82) is 0 Å². The summed E-state index contributed by atoms with van der Waals surface area (Å²) in [7, 11) is 0. The van der Waals surface area contributed by atoms with Crippen molar-refractivity contribution in [3.63, 3.8) is 0 Å². The third-order valence-electron chi connectivity index (χ3n) is 2.94. The van der Waals surface area contributed by atoms with Gasteiger partial charge >= 0.3 is 0 Å². The Morgan fingerprint density at radius 1 is 1.09 bits per heavy atom. The molecular weight excluding hydrogens is 154 g/mol. The summed E-state index contributed by atoms with van der Waals surface area (Å²) in [5.74, 6) is 2.69. The van der Waals surface area contributed by atoms with Crippen LogP contribution in [0, 0.1) is 0 Å². The Morgan fingerprint density at radius 3 is 2.55 bits per heavy atom. The summed E-state index contributed by atoms with van der Waals surface area (Å²) in [5, 5.41) is 3.71. The molecular formula is C9H17NS. The van der Waals surface area contributed by atoms with Gasteiger partial charge in [-0.15, -0.1) is 0 Å². The van der Waals surface area contributed by atoms with Crippen molar-refractivity contribution in [2.75, 3.05) is 18.1 Å². The summed E-state index contributed by atoms with van der Waals surface area (Å²) in [6, 6.07) is 0. The van der Waals surface area contributed by atoms with Crippen LogP contribution < -0.4 is 5.32 Å². The zero-order valence-electron chi connectivity index (χ0n) is 7.07. The lowest BCUT2D eigenvalue weighted by Crippen LogP contribution is -2.52. The van der Waals surface area contributed by atoms with Crippen molar-refractivity contribution in [2.24, 2.45) is 0 Å². The molecule has 2 rings (SSSR count). The molecule has 0 aromatic rings. The van der Waals surface area contributed by atoms with Crippen LogP contribution in [-0.4, -0.2) is 23.6 Å². The van der Waals surface area contributed by atoms with Crippen LogP contribution in [0.5, 0.6) is 0 Å². The molecule has 0 radical (unpaired) electrons. The number of hydrogen-bond donors (Lipinski definition) is 1. The second-order valence-electron chi connectivity index (χ2n) is 3.82. The van der Waals surface area contributed by atoms with Crippen molar-refractivity contribution in [1.82, 2.24) is 5.32 Å². The normalized spacial score (nSPS) is 30.5. The van der Waals surface area contributed by atoms with E-state index >= 15 is 0 Å². The highest BCUT2D eigenvalue weighted by molar-refractivity contribution is 7.99. The first-order valence-corrected chi connectivity index (χ1v) is 5.90. The Labute approximate surface area is 73.3 Å². The van der Waals surface area contributed by atoms with Gasteiger partial charge in [0.15, 0.2) is 0 Å². The number of hydrogen-bond acceptors (Lipinski definition) is 2. The molecule has 2 aliphatic rings. The van der Waals surface area contributed by atoms with E-state index in [1.165, 1.54) is 50.2 Å². The molecule has 64 valence electrons. The van der Waals surface area contributed by atoms with Crippen molar-refractivity contribution in [2.45, 2.75) is 37.6 Å². The molecule has 1 spiro atoms. The van der Waals surface area contributed by atoms with E-state index in [0.717, 1.165) is 0 Å². The molecule has 1 nitrogen and oxygen atoms in total. The maximum absolute atomic E-state index is 3.71. The monoisotopic (exact) mass is 171 g/mol. The maximum atomic E-state index is 3.71. The molecule has 1 aliphatic carbocycles. The predicted octanol–water partition coefficient (Wildman–Crippen LogP) is 2.03. The number of thioether (sulfide) groups is 1. The highest BCUT2D eigenvalue weighted by Crippen LogP contribution is 2.32. The lowest BCUT2D eigenvalue weighted by atomic mass is 9.83. The van der Waals surface area contributed by atoms with E-state index in [1.807, 2.05) is 0 Å².